The minimum absolute atomic E-state index is 0. The average Bonchev–Trinajstić information content (AvgIpc) is 3.43. The van der Waals surface area contributed by atoms with Crippen LogP contribution in [0.5, 0.6) is 0 Å². The minimum atomic E-state index is -1.13. The third kappa shape index (κ3) is 4.30. The van der Waals surface area contributed by atoms with Gasteiger partial charge >= 0.3 is 5.97 Å². The van der Waals surface area contributed by atoms with E-state index in [1.165, 1.54) is 38.5 Å². The summed E-state index contributed by atoms with van der Waals surface area (Å²) >= 11 is 0. The Bertz CT molecular complexity index is 945. The summed E-state index contributed by atoms with van der Waals surface area (Å²) in [4.78, 5) is 12.6. The molecule has 11 atom stereocenters. The zero-order chi connectivity index (χ0) is 27.3. The van der Waals surface area contributed by atoms with E-state index < -0.39 is 11.7 Å². The lowest BCUT2D eigenvalue weighted by molar-refractivity contribution is -0.202. The zero-order valence-electron chi connectivity index (χ0n) is 25.4. The van der Waals surface area contributed by atoms with E-state index in [0.717, 1.165) is 44.4 Å². The third-order valence-electron chi connectivity index (χ3n) is 13.6. The molecule has 6 aliphatic rings. The Labute approximate surface area is 244 Å². The fourth-order valence-corrected chi connectivity index (χ4v) is 11.7. The monoisotopic (exact) mass is 564 g/mol. The average molecular weight is 565 g/mol. The number of unbranched alkanes of at least 4 members (excludes halogenated alkanes) is 1. The van der Waals surface area contributed by atoms with Gasteiger partial charge in [-0.2, -0.15) is 13.5 Å². The van der Waals surface area contributed by atoms with Crippen molar-refractivity contribution >= 4 is 19.5 Å². The van der Waals surface area contributed by atoms with Crippen LogP contribution in [0.1, 0.15) is 125 Å². The molecule has 0 radical (unpaired) electrons. The molecule has 5 saturated carbocycles. The van der Waals surface area contributed by atoms with Crippen molar-refractivity contribution in [2.75, 3.05) is 0 Å². The van der Waals surface area contributed by atoms with Crippen LogP contribution in [0.25, 0.3) is 0 Å². The molecule has 0 aromatic heterocycles. The number of hydrogen-bond acceptors (Lipinski definition) is 5. The zero-order valence-corrected chi connectivity index (χ0v) is 26.4. The molecule has 0 amide bonds. The summed E-state index contributed by atoms with van der Waals surface area (Å²) < 4.78 is 12.8. The Morgan fingerprint density at radius 2 is 1.72 bits per heavy atom. The number of carbonyl (C=O) groups excluding carboxylic acids is 1. The number of aliphatic hydroxyl groups excluding tert-OH is 1. The van der Waals surface area contributed by atoms with Crippen molar-refractivity contribution < 1.29 is 24.5 Å². The van der Waals surface area contributed by atoms with Gasteiger partial charge in [0.15, 0.2) is 6.10 Å². The molecular formula is C33H56O5S. The summed E-state index contributed by atoms with van der Waals surface area (Å²) in [5, 5.41) is 21.9. The fraction of sp³-hybridized carbons (Fsp3) is 0.970. The van der Waals surface area contributed by atoms with E-state index in [0.29, 0.717) is 40.4 Å². The van der Waals surface area contributed by atoms with Crippen molar-refractivity contribution in [3.63, 3.8) is 0 Å². The molecule has 1 aliphatic heterocycles. The van der Waals surface area contributed by atoms with Gasteiger partial charge in [0, 0.05) is 6.42 Å². The van der Waals surface area contributed by atoms with Crippen molar-refractivity contribution in [3.05, 3.63) is 0 Å². The van der Waals surface area contributed by atoms with E-state index in [2.05, 4.69) is 27.7 Å². The largest absolute Gasteiger partial charge is 0.457 e. The second kappa shape index (κ2) is 9.88. The molecule has 2 spiro atoms. The molecule has 5 aliphatic carbocycles. The van der Waals surface area contributed by atoms with Crippen LogP contribution in [0, 0.1) is 45.3 Å². The Morgan fingerprint density at radius 3 is 2.41 bits per heavy atom. The molecule has 0 bridgehead atoms. The van der Waals surface area contributed by atoms with Crippen LogP contribution in [0.3, 0.4) is 0 Å². The second-order valence-corrected chi connectivity index (χ2v) is 16.0. The normalized spacial score (nSPS) is 48.3. The van der Waals surface area contributed by atoms with Crippen LogP contribution >= 0.6 is 13.5 Å². The van der Waals surface area contributed by atoms with E-state index >= 15 is 0 Å². The van der Waals surface area contributed by atoms with Gasteiger partial charge in [0.2, 0.25) is 0 Å². The van der Waals surface area contributed by atoms with E-state index in [1.54, 1.807) is 13.8 Å². The van der Waals surface area contributed by atoms with Crippen LogP contribution in [0.15, 0.2) is 0 Å². The van der Waals surface area contributed by atoms with Crippen molar-refractivity contribution in [2.24, 2.45) is 45.3 Å². The Kier molecular flexibility index (Phi) is 7.64. The van der Waals surface area contributed by atoms with E-state index in [9.17, 15) is 15.0 Å². The first-order valence-electron chi connectivity index (χ1n) is 16.1. The number of fused-ring (bicyclic) bond motifs is 4. The summed E-state index contributed by atoms with van der Waals surface area (Å²) in [5.41, 5.74) is 0.197. The molecule has 39 heavy (non-hydrogen) atoms. The summed E-state index contributed by atoms with van der Waals surface area (Å²) in [6.45, 7) is 12.8. The van der Waals surface area contributed by atoms with Crippen LogP contribution in [0.4, 0.5) is 0 Å². The van der Waals surface area contributed by atoms with Crippen LogP contribution in [-0.2, 0) is 14.3 Å². The van der Waals surface area contributed by atoms with Gasteiger partial charge in [0.25, 0.3) is 0 Å². The lowest BCUT2D eigenvalue weighted by Crippen LogP contribution is -2.54. The first kappa shape index (κ1) is 30.2. The molecule has 6 heteroatoms. The van der Waals surface area contributed by atoms with E-state index in [1.807, 2.05) is 0 Å². The number of esters is 1. The van der Waals surface area contributed by atoms with Gasteiger partial charge in [0.05, 0.1) is 23.9 Å². The highest BCUT2D eigenvalue weighted by atomic mass is 32.1. The summed E-state index contributed by atoms with van der Waals surface area (Å²) in [7, 11) is 0. The van der Waals surface area contributed by atoms with Gasteiger partial charge < -0.3 is 19.7 Å². The number of hydrogen-bond donors (Lipinski definition) is 2. The SMILES string of the molecule is CCCCC(=O)O[C@@H](C1CCC2C(CC3C4CCC5C(C)(C)[C@@H](O)CCC56C[C@@]46CCC23C)O1)C(C)(C)O.S. The maximum Gasteiger partial charge on any atom is 0.306 e. The molecule has 0 aromatic rings. The maximum atomic E-state index is 12.6. The number of rotatable bonds is 6. The Morgan fingerprint density at radius 1 is 1.00 bits per heavy atom. The molecular weight excluding hydrogens is 508 g/mol. The summed E-state index contributed by atoms with van der Waals surface area (Å²) in [5.74, 6) is 2.51. The second-order valence-electron chi connectivity index (χ2n) is 16.0. The maximum absolute atomic E-state index is 12.6. The fourth-order valence-electron chi connectivity index (χ4n) is 11.7. The highest BCUT2D eigenvalue weighted by Crippen LogP contribution is 2.87. The van der Waals surface area contributed by atoms with Crippen molar-refractivity contribution in [2.45, 2.75) is 155 Å². The predicted octanol–water partition coefficient (Wildman–Crippen LogP) is 6.54. The number of ether oxygens (including phenoxy) is 2. The van der Waals surface area contributed by atoms with Crippen LogP contribution in [0.2, 0.25) is 0 Å². The highest BCUT2D eigenvalue weighted by molar-refractivity contribution is 7.59. The first-order chi connectivity index (χ1) is 17.8. The van der Waals surface area contributed by atoms with Crippen LogP contribution < -0.4 is 0 Å². The lowest BCUT2D eigenvalue weighted by atomic mass is 9.46. The van der Waals surface area contributed by atoms with Crippen LogP contribution in [-0.4, -0.2) is 46.2 Å². The van der Waals surface area contributed by atoms with Gasteiger partial charge in [-0.1, -0.05) is 34.1 Å². The van der Waals surface area contributed by atoms with Gasteiger partial charge in [-0.15, -0.1) is 0 Å². The number of carbonyl (C=O) groups is 1. The molecule has 5 nitrogen and oxygen atoms in total. The van der Waals surface area contributed by atoms with E-state index in [-0.39, 0.29) is 43.2 Å². The van der Waals surface area contributed by atoms with Crippen molar-refractivity contribution in [1.29, 1.82) is 0 Å². The minimum Gasteiger partial charge on any atom is -0.457 e. The Hall–Kier alpha value is -0.300. The van der Waals surface area contributed by atoms with E-state index in [4.69, 9.17) is 9.47 Å². The first-order valence-corrected chi connectivity index (χ1v) is 16.1. The quantitative estimate of drug-likeness (QED) is 0.358. The standard InChI is InChI=1S/C33H54O5.H2S/c1-7-8-9-27(35)38-28(30(4,5)36)23-12-10-21-24(37-23)18-22-20-11-13-25-29(2,3)26(34)14-15-33(25)19-32(20,33)17-16-31(21,22)6;/h20-26,28,34,36H,7-19H2,1-6H3;1H2/t20?,21?,22?,23?,24?,25?,26-,28-,31?,32-,33?;/m0./s1. The molecule has 6 fully saturated rings. The topological polar surface area (TPSA) is 76.0 Å². The number of aliphatic hydroxyl groups is 2. The van der Waals surface area contributed by atoms with Gasteiger partial charge in [-0.25, -0.2) is 0 Å². The molecule has 1 heterocycles. The third-order valence-corrected chi connectivity index (χ3v) is 13.6. The smallest absolute Gasteiger partial charge is 0.306 e. The highest BCUT2D eigenvalue weighted by Gasteiger charge is 2.80. The molecule has 0 aromatic carbocycles. The summed E-state index contributed by atoms with van der Waals surface area (Å²) in [6, 6.07) is 0. The summed E-state index contributed by atoms with van der Waals surface area (Å²) in [6.07, 6.45) is 13.3. The van der Waals surface area contributed by atoms with Gasteiger partial charge in [-0.3, -0.25) is 4.79 Å². The Balaban J connectivity index is 0.00000308. The molecule has 2 N–H and O–H groups in total. The molecule has 8 unspecified atom stereocenters. The predicted molar refractivity (Wildman–Crippen MR) is 158 cm³/mol. The van der Waals surface area contributed by atoms with Crippen molar-refractivity contribution in [3.8, 4) is 0 Å². The van der Waals surface area contributed by atoms with Crippen molar-refractivity contribution in [1.82, 2.24) is 0 Å². The van der Waals surface area contributed by atoms with Gasteiger partial charge in [-0.05, 0) is 130 Å². The van der Waals surface area contributed by atoms with Gasteiger partial charge in [0.1, 0.15) is 0 Å². The molecule has 1 saturated heterocycles. The lowest BCUT2D eigenvalue weighted by Gasteiger charge is -2.59. The molecule has 224 valence electrons. The molecule has 6 rings (SSSR count).